The number of hydrogen-bond acceptors (Lipinski definition) is 5. The first kappa shape index (κ1) is 23.5. The third-order valence-electron chi connectivity index (χ3n) is 4.65. The monoisotopic (exact) mass is 597 g/mol. The maximum absolute atomic E-state index is 14.0. The molecule has 1 aliphatic rings. The topological polar surface area (TPSA) is 57.1 Å². The number of halogens is 4. The van der Waals surface area contributed by atoms with Crippen LogP contribution < -0.4 is 9.47 Å². The molecule has 0 bridgehead atoms. The summed E-state index contributed by atoms with van der Waals surface area (Å²) in [7, 11) is 1.52. The van der Waals surface area contributed by atoms with Crippen molar-refractivity contribution in [1.29, 1.82) is 0 Å². The van der Waals surface area contributed by atoms with E-state index >= 15 is 0 Å². The van der Waals surface area contributed by atoms with Crippen LogP contribution in [-0.2, 0) is 16.1 Å². The summed E-state index contributed by atoms with van der Waals surface area (Å²) in [5.74, 6) is -0.255. The van der Waals surface area contributed by atoms with Crippen molar-refractivity contribution in [2.75, 3.05) is 7.11 Å². The molecule has 33 heavy (non-hydrogen) atoms. The van der Waals surface area contributed by atoms with Crippen LogP contribution in [-0.4, -0.2) is 19.0 Å². The summed E-state index contributed by atoms with van der Waals surface area (Å²) in [6.07, 6.45) is 1.55. The van der Waals surface area contributed by atoms with Gasteiger partial charge in [0.05, 0.1) is 26.3 Å². The first-order valence-corrected chi connectivity index (χ1v) is 11.4. The van der Waals surface area contributed by atoms with Crippen molar-refractivity contribution in [3.05, 3.63) is 96.4 Å². The van der Waals surface area contributed by atoms with Gasteiger partial charge in [0.25, 0.3) is 0 Å². The van der Waals surface area contributed by atoms with Crippen LogP contribution in [0.2, 0.25) is 10.0 Å². The minimum Gasteiger partial charge on any atom is -0.493 e. The third kappa shape index (κ3) is 5.31. The van der Waals surface area contributed by atoms with Crippen LogP contribution in [0, 0.1) is 9.39 Å². The molecular weight excluding hydrogens is 583 g/mol. The summed E-state index contributed by atoms with van der Waals surface area (Å²) in [5, 5.41) is 0.913. The number of carbonyl (C=O) groups is 1. The number of aliphatic imine (C=N–C) groups is 1. The molecule has 0 atom stereocenters. The van der Waals surface area contributed by atoms with E-state index in [0.29, 0.717) is 27.1 Å². The molecule has 168 valence electrons. The lowest BCUT2D eigenvalue weighted by Crippen LogP contribution is -2.07. The fraction of sp³-hybridized carbons (Fsp3) is 0.0833. The van der Waals surface area contributed by atoms with Gasteiger partial charge in [-0.1, -0.05) is 41.4 Å². The van der Waals surface area contributed by atoms with E-state index in [1.807, 2.05) is 12.1 Å². The van der Waals surface area contributed by atoms with E-state index in [-0.39, 0.29) is 23.8 Å². The minimum atomic E-state index is -0.665. The zero-order valence-electron chi connectivity index (χ0n) is 17.1. The third-order valence-corrected chi connectivity index (χ3v) is 6.19. The highest BCUT2D eigenvalue weighted by Crippen LogP contribution is 2.36. The van der Waals surface area contributed by atoms with E-state index in [2.05, 4.69) is 27.6 Å². The van der Waals surface area contributed by atoms with E-state index < -0.39 is 11.8 Å². The molecule has 3 aromatic rings. The van der Waals surface area contributed by atoms with Gasteiger partial charge < -0.3 is 14.2 Å². The van der Waals surface area contributed by atoms with Crippen LogP contribution in [0.3, 0.4) is 0 Å². The molecule has 9 heteroatoms. The number of esters is 1. The fourth-order valence-corrected chi connectivity index (χ4v) is 4.17. The SMILES string of the molecule is COc1cc(/C=C2\N=C(c3ccccc3F)OC2=O)cc(I)c1OCc1ccc(Cl)c(Cl)c1. The molecule has 0 saturated heterocycles. The number of methoxy groups -OCH3 is 1. The quantitative estimate of drug-likeness (QED) is 0.181. The van der Waals surface area contributed by atoms with Gasteiger partial charge in [-0.3, -0.25) is 0 Å². The number of cyclic esters (lactones) is 1. The Labute approximate surface area is 212 Å². The molecule has 0 radical (unpaired) electrons. The van der Waals surface area contributed by atoms with Crippen molar-refractivity contribution < 1.29 is 23.4 Å². The average molecular weight is 598 g/mol. The van der Waals surface area contributed by atoms with Crippen molar-refractivity contribution in [2.45, 2.75) is 6.61 Å². The van der Waals surface area contributed by atoms with Gasteiger partial charge in [-0.15, -0.1) is 0 Å². The Morgan fingerprint density at radius 3 is 2.64 bits per heavy atom. The van der Waals surface area contributed by atoms with Gasteiger partial charge in [0.15, 0.2) is 17.2 Å². The molecule has 1 heterocycles. The molecule has 0 aromatic heterocycles. The first-order chi connectivity index (χ1) is 15.9. The molecule has 1 aliphatic heterocycles. The van der Waals surface area contributed by atoms with Crippen LogP contribution in [0.1, 0.15) is 16.7 Å². The summed E-state index contributed by atoms with van der Waals surface area (Å²) in [6.45, 7) is 0.256. The molecule has 0 aliphatic carbocycles. The van der Waals surface area contributed by atoms with Crippen molar-refractivity contribution in [1.82, 2.24) is 0 Å². The average Bonchev–Trinajstić information content (AvgIpc) is 3.15. The largest absolute Gasteiger partial charge is 0.493 e. The predicted octanol–water partition coefficient (Wildman–Crippen LogP) is 6.67. The standard InChI is InChI=1S/C24H15Cl2FINO4/c1-31-21-11-14(9-19(28)22(21)32-12-13-6-7-16(25)17(26)8-13)10-20-24(30)33-23(29-20)15-4-2-3-5-18(15)27/h2-11H,12H2,1H3/b20-10-. The second-order valence-corrected chi connectivity index (χ2v) is 8.86. The van der Waals surface area contributed by atoms with E-state index in [9.17, 15) is 9.18 Å². The summed E-state index contributed by atoms with van der Waals surface area (Å²) in [5.41, 5.74) is 1.66. The molecule has 0 spiro atoms. The molecule has 0 amide bonds. The number of hydrogen-bond donors (Lipinski definition) is 0. The van der Waals surface area contributed by atoms with Gasteiger partial charge in [0.2, 0.25) is 5.90 Å². The van der Waals surface area contributed by atoms with E-state index in [1.54, 1.807) is 36.4 Å². The summed E-state index contributed by atoms with van der Waals surface area (Å²) >= 11 is 14.1. The Morgan fingerprint density at radius 1 is 1.12 bits per heavy atom. The smallest absolute Gasteiger partial charge is 0.363 e. The fourth-order valence-electron chi connectivity index (χ4n) is 3.06. The van der Waals surface area contributed by atoms with Crippen LogP contribution in [0.4, 0.5) is 4.39 Å². The number of carbonyl (C=O) groups excluding carboxylic acids is 1. The van der Waals surface area contributed by atoms with Crippen LogP contribution in [0.15, 0.2) is 65.3 Å². The zero-order chi connectivity index (χ0) is 23.5. The van der Waals surface area contributed by atoms with Gasteiger partial charge in [-0.25, -0.2) is 14.2 Å². The van der Waals surface area contributed by atoms with Gasteiger partial charge in [-0.05, 0) is 76.2 Å². The predicted molar refractivity (Wildman–Crippen MR) is 134 cm³/mol. The highest BCUT2D eigenvalue weighted by molar-refractivity contribution is 14.1. The van der Waals surface area contributed by atoms with Gasteiger partial charge in [-0.2, -0.15) is 0 Å². The van der Waals surface area contributed by atoms with E-state index in [1.165, 1.54) is 19.2 Å². The number of rotatable bonds is 6. The first-order valence-electron chi connectivity index (χ1n) is 9.57. The molecule has 4 rings (SSSR count). The Hall–Kier alpha value is -2.62. The molecule has 3 aromatic carbocycles. The second kappa shape index (κ2) is 10.1. The maximum Gasteiger partial charge on any atom is 0.363 e. The van der Waals surface area contributed by atoms with Crippen LogP contribution in [0.25, 0.3) is 6.08 Å². The van der Waals surface area contributed by atoms with Gasteiger partial charge in [0.1, 0.15) is 12.4 Å². The molecular formula is C24H15Cl2FINO4. The molecule has 0 N–H and O–H groups in total. The number of benzene rings is 3. The summed E-state index contributed by atoms with van der Waals surface area (Å²) in [6, 6.07) is 14.7. The van der Waals surface area contributed by atoms with E-state index in [0.717, 1.165) is 9.13 Å². The molecule has 0 saturated carbocycles. The highest BCUT2D eigenvalue weighted by Gasteiger charge is 2.26. The lowest BCUT2D eigenvalue weighted by Gasteiger charge is -2.14. The number of nitrogens with zero attached hydrogens (tertiary/aromatic N) is 1. The maximum atomic E-state index is 14.0. The van der Waals surface area contributed by atoms with Gasteiger partial charge >= 0.3 is 5.97 Å². The van der Waals surface area contributed by atoms with Crippen molar-refractivity contribution in [2.24, 2.45) is 4.99 Å². The zero-order valence-corrected chi connectivity index (χ0v) is 20.7. The lowest BCUT2D eigenvalue weighted by atomic mass is 10.1. The summed E-state index contributed by atoms with van der Waals surface area (Å²) < 4.78 is 31.4. The Kier molecular flexibility index (Phi) is 7.21. The van der Waals surface area contributed by atoms with Crippen LogP contribution >= 0.6 is 45.8 Å². The molecule has 0 unspecified atom stereocenters. The van der Waals surface area contributed by atoms with Gasteiger partial charge in [0, 0.05) is 0 Å². The Bertz CT molecular complexity index is 1310. The Morgan fingerprint density at radius 2 is 1.91 bits per heavy atom. The minimum absolute atomic E-state index is 0.0515. The summed E-state index contributed by atoms with van der Waals surface area (Å²) in [4.78, 5) is 16.4. The van der Waals surface area contributed by atoms with Crippen LogP contribution in [0.5, 0.6) is 11.5 Å². The molecule has 0 fully saturated rings. The normalized spacial score (nSPS) is 14.3. The van der Waals surface area contributed by atoms with Crippen molar-refractivity contribution >= 4 is 63.7 Å². The Balaban J connectivity index is 1.59. The second-order valence-electron chi connectivity index (χ2n) is 6.89. The van der Waals surface area contributed by atoms with E-state index in [4.69, 9.17) is 37.4 Å². The highest BCUT2D eigenvalue weighted by atomic mass is 127. The van der Waals surface area contributed by atoms with Crippen molar-refractivity contribution in [3.8, 4) is 11.5 Å². The lowest BCUT2D eigenvalue weighted by molar-refractivity contribution is -0.129. The number of ether oxygens (including phenoxy) is 3. The van der Waals surface area contributed by atoms with Crippen molar-refractivity contribution in [3.63, 3.8) is 0 Å². The molecule has 5 nitrogen and oxygen atoms in total.